The third kappa shape index (κ3) is 10.6. The third-order valence-electron chi connectivity index (χ3n) is 2.34. The summed E-state index contributed by atoms with van der Waals surface area (Å²) in [6, 6.07) is -0.922. The number of hydrogen-bond donors (Lipinski definition) is 3. The van der Waals surface area contributed by atoms with Crippen molar-refractivity contribution in [1.29, 1.82) is 0 Å². The number of carbonyl (C=O) groups is 3. The van der Waals surface area contributed by atoms with E-state index in [9.17, 15) is 14.4 Å². The first-order chi connectivity index (χ1) is 9.51. The fraction of sp³-hybridized carbons (Fsp3) is 0.786. The minimum atomic E-state index is -1.03. The van der Waals surface area contributed by atoms with E-state index in [4.69, 9.17) is 9.84 Å². The molecule has 7 nitrogen and oxygen atoms in total. The van der Waals surface area contributed by atoms with Crippen LogP contribution in [0, 0.1) is 5.92 Å². The Balaban J connectivity index is 4.61. The highest BCUT2D eigenvalue weighted by Crippen LogP contribution is 2.08. The minimum absolute atomic E-state index is 0.0124. The maximum Gasteiger partial charge on any atom is 0.408 e. The van der Waals surface area contributed by atoms with Crippen LogP contribution < -0.4 is 10.6 Å². The summed E-state index contributed by atoms with van der Waals surface area (Å²) >= 11 is 0. The number of carboxylic acids is 1. The number of rotatable bonds is 7. The van der Waals surface area contributed by atoms with Crippen molar-refractivity contribution in [3.63, 3.8) is 0 Å². The summed E-state index contributed by atoms with van der Waals surface area (Å²) < 4.78 is 5.07. The molecule has 0 aliphatic rings. The molecule has 0 heterocycles. The first kappa shape index (κ1) is 19.2. The monoisotopic (exact) mass is 302 g/mol. The molecule has 0 radical (unpaired) electrons. The summed E-state index contributed by atoms with van der Waals surface area (Å²) in [4.78, 5) is 34.3. The SMILES string of the molecule is CC(C)CNC(=O)[C@@H](CCC(=O)O)NC(=O)OC(C)(C)C. The Morgan fingerprint density at radius 2 is 1.76 bits per heavy atom. The van der Waals surface area contributed by atoms with Crippen molar-refractivity contribution in [2.24, 2.45) is 5.92 Å². The molecule has 0 fully saturated rings. The lowest BCUT2D eigenvalue weighted by Crippen LogP contribution is -2.49. The van der Waals surface area contributed by atoms with Gasteiger partial charge in [0.1, 0.15) is 11.6 Å². The van der Waals surface area contributed by atoms with Gasteiger partial charge in [-0.2, -0.15) is 0 Å². The number of ether oxygens (including phenoxy) is 1. The number of carbonyl (C=O) groups excluding carboxylic acids is 2. The molecule has 0 aromatic heterocycles. The number of nitrogens with one attached hydrogen (secondary N) is 2. The molecule has 0 aromatic rings. The standard InChI is InChI=1S/C14H26N2O5/c1-9(2)8-15-12(19)10(6-7-11(17)18)16-13(20)21-14(3,4)5/h9-10H,6-8H2,1-5H3,(H,15,19)(H,16,20)(H,17,18)/t10-/m1/s1. The van der Waals surface area contributed by atoms with Gasteiger partial charge < -0.3 is 20.5 Å². The Morgan fingerprint density at radius 1 is 1.19 bits per heavy atom. The molecule has 0 saturated heterocycles. The van der Waals surface area contributed by atoms with E-state index in [0.29, 0.717) is 6.54 Å². The van der Waals surface area contributed by atoms with Crippen LogP contribution in [0.1, 0.15) is 47.5 Å². The summed E-state index contributed by atoms with van der Waals surface area (Å²) in [6.45, 7) is 9.45. The van der Waals surface area contributed by atoms with Crippen molar-refractivity contribution in [2.45, 2.75) is 59.1 Å². The summed E-state index contributed by atoms with van der Waals surface area (Å²) in [5.41, 5.74) is -0.685. The van der Waals surface area contributed by atoms with Gasteiger partial charge in [-0.3, -0.25) is 9.59 Å². The zero-order chi connectivity index (χ0) is 16.6. The Hall–Kier alpha value is -1.79. The number of hydrogen-bond acceptors (Lipinski definition) is 4. The highest BCUT2D eigenvalue weighted by Gasteiger charge is 2.24. The number of carboxylic acid groups (broad SMARTS) is 1. The molecule has 0 spiro atoms. The van der Waals surface area contributed by atoms with Gasteiger partial charge in [-0.1, -0.05) is 13.8 Å². The maximum absolute atomic E-state index is 12.0. The molecule has 21 heavy (non-hydrogen) atoms. The molecule has 0 rings (SSSR count). The van der Waals surface area contributed by atoms with Crippen molar-refractivity contribution < 1.29 is 24.2 Å². The Bertz CT molecular complexity index is 374. The van der Waals surface area contributed by atoms with E-state index in [1.165, 1.54) is 0 Å². The lowest BCUT2D eigenvalue weighted by Gasteiger charge is -2.23. The van der Waals surface area contributed by atoms with Gasteiger partial charge in [0.25, 0.3) is 0 Å². The van der Waals surface area contributed by atoms with Gasteiger partial charge in [0.15, 0.2) is 0 Å². The normalized spacial score (nSPS) is 12.7. The predicted molar refractivity (Wildman–Crippen MR) is 77.9 cm³/mol. The molecule has 0 saturated carbocycles. The fourth-order valence-electron chi connectivity index (χ4n) is 1.41. The van der Waals surface area contributed by atoms with Crippen LogP contribution in [0.4, 0.5) is 4.79 Å². The topological polar surface area (TPSA) is 105 Å². The molecular formula is C14H26N2O5. The van der Waals surface area contributed by atoms with Crippen molar-refractivity contribution in [3.8, 4) is 0 Å². The molecule has 0 aromatic carbocycles. The van der Waals surface area contributed by atoms with Crippen LogP contribution in [0.2, 0.25) is 0 Å². The number of aliphatic carboxylic acids is 1. The highest BCUT2D eigenvalue weighted by atomic mass is 16.6. The van der Waals surface area contributed by atoms with Crippen LogP contribution in [-0.4, -0.2) is 41.3 Å². The Labute approximate surface area is 125 Å². The quantitative estimate of drug-likeness (QED) is 0.661. The van der Waals surface area contributed by atoms with Crippen LogP contribution in [0.5, 0.6) is 0 Å². The van der Waals surface area contributed by atoms with E-state index in [2.05, 4.69) is 10.6 Å². The molecule has 7 heteroatoms. The molecule has 2 amide bonds. The summed E-state index contributed by atoms with van der Waals surface area (Å²) in [5, 5.41) is 13.8. The van der Waals surface area contributed by atoms with Crippen LogP contribution in [0.15, 0.2) is 0 Å². The predicted octanol–water partition coefficient (Wildman–Crippen LogP) is 1.52. The van der Waals surface area contributed by atoms with E-state index in [1.807, 2.05) is 13.8 Å². The average molecular weight is 302 g/mol. The molecule has 1 atom stereocenters. The molecule has 0 aliphatic carbocycles. The van der Waals surface area contributed by atoms with E-state index in [0.717, 1.165) is 0 Å². The van der Waals surface area contributed by atoms with Gasteiger partial charge in [-0.05, 0) is 33.1 Å². The average Bonchev–Trinajstić information content (AvgIpc) is 2.28. The molecule has 0 unspecified atom stereocenters. The second kappa shape index (κ2) is 8.49. The van der Waals surface area contributed by atoms with Gasteiger partial charge in [0, 0.05) is 13.0 Å². The largest absolute Gasteiger partial charge is 0.481 e. The molecule has 0 bridgehead atoms. The summed E-state index contributed by atoms with van der Waals surface area (Å²) in [6.07, 6.45) is -0.939. The van der Waals surface area contributed by atoms with Crippen molar-refractivity contribution in [1.82, 2.24) is 10.6 Å². The van der Waals surface area contributed by atoms with Crippen molar-refractivity contribution in [2.75, 3.05) is 6.54 Å². The van der Waals surface area contributed by atoms with Crippen molar-refractivity contribution >= 4 is 18.0 Å². The van der Waals surface area contributed by atoms with Crippen LogP contribution in [0.25, 0.3) is 0 Å². The second-order valence-corrected chi connectivity index (χ2v) is 6.27. The molecule has 0 aliphatic heterocycles. The number of alkyl carbamates (subject to hydrolysis) is 1. The maximum atomic E-state index is 12.0. The Morgan fingerprint density at radius 3 is 2.19 bits per heavy atom. The fourth-order valence-corrected chi connectivity index (χ4v) is 1.41. The molecule has 3 N–H and O–H groups in total. The summed E-state index contributed by atoms with van der Waals surface area (Å²) in [7, 11) is 0. The van der Waals surface area contributed by atoms with Crippen LogP contribution >= 0.6 is 0 Å². The van der Waals surface area contributed by atoms with E-state index < -0.39 is 29.6 Å². The summed E-state index contributed by atoms with van der Waals surface area (Å²) in [5.74, 6) is -1.17. The first-order valence-electron chi connectivity index (χ1n) is 7.00. The zero-order valence-electron chi connectivity index (χ0n) is 13.4. The molecular weight excluding hydrogens is 276 g/mol. The van der Waals surface area contributed by atoms with Gasteiger partial charge in [0.2, 0.25) is 5.91 Å². The van der Waals surface area contributed by atoms with Gasteiger partial charge in [-0.25, -0.2) is 4.79 Å². The smallest absolute Gasteiger partial charge is 0.408 e. The zero-order valence-corrected chi connectivity index (χ0v) is 13.4. The molecule has 122 valence electrons. The van der Waals surface area contributed by atoms with Gasteiger partial charge in [-0.15, -0.1) is 0 Å². The number of amides is 2. The van der Waals surface area contributed by atoms with Crippen LogP contribution in [0.3, 0.4) is 0 Å². The van der Waals surface area contributed by atoms with Crippen LogP contribution in [-0.2, 0) is 14.3 Å². The third-order valence-corrected chi connectivity index (χ3v) is 2.34. The second-order valence-electron chi connectivity index (χ2n) is 6.27. The lowest BCUT2D eigenvalue weighted by atomic mass is 10.1. The van der Waals surface area contributed by atoms with Crippen molar-refractivity contribution in [3.05, 3.63) is 0 Å². The minimum Gasteiger partial charge on any atom is -0.481 e. The van der Waals surface area contributed by atoms with E-state index in [-0.39, 0.29) is 18.8 Å². The van der Waals surface area contributed by atoms with Gasteiger partial charge >= 0.3 is 12.1 Å². The Kier molecular flexibility index (Phi) is 7.76. The highest BCUT2D eigenvalue weighted by molar-refractivity contribution is 5.86. The van der Waals surface area contributed by atoms with E-state index in [1.54, 1.807) is 20.8 Å². The van der Waals surface area contributed by atoms with E-state index >= 15 is 0 Å². The van der Waals surface area contributed by atoms with Gasteiger partial charge in [0.05, 0.1) is 0 Å². The lowest BCUT2D eigenvalue weighted by molar-refractivity contribution is -0.137. The first-order valence-corrected chi connectivity index (χ1v) is 7.00.